The fourth-order valence-electron chi connectivity index (χ4n) is 8.46. The van der Waals surface area contributed by atoms with E-state index in [-0.39, 0.29) is 67.3 Å². The van der Waals surface area contributed by atoms with Crippen LogP contribution in [0.15, 0.2) is 95.9 Å². The van der Waals surface area contributed by atoms with Gasteiger partial charge in [-0.3, -0.25) is 14.0 Å². The molecule has 16 nitrogen and oxygen atoms in total. The molecular formula is C47H59N6O10PS2. The fourth-order valence-corrected chi connectivity index (χ4v) is 12.5. The summed E-state index contributed by atoms with van der Waals surface area (Å²) in [5.74, 6) is 0.194. The van der Waals surface area contributed by atoms with E-state index >= 15 is 0 Å². The normalized spacial score (nSPS) is 19.9. The Morgan fingerprint density at radius 2 is 1.53 bits per heavy atom. The van der Waals surface area contributed by atoms with Gasteiger partial charge in [0, 0.05) is 50.4 Å². The number of benzene rings is 3. The van der Waals surface area contributed by atoms with E-state index in [9.17, 15) is 23.3 Å². The largest absolute Gasteiger partial charge is 0.497 e. The van der Waals surface area contributed by atoms with Crippen LogP contribution in [-0.4, -0.2) is 121 Å². The molecule has 66 heavy (non-hydrogen) atoms. The van der Waals surface area contributed by atoms with Crippen molar-refractivity contribution in [3.8, 4) is 17.6 Å². The van der Waals surface area contributed by atoms with Crippen LogP contribution in [0.5, 0.6) is 11.5 Å². The van der Waals surface area contributed by atoms with Crippen molar-refractivity contribution in [2.24, 2.45) is 5.92 Å². The summed E-state index contributed by atoms with van der Waals surface area (Å²) in [6.45, 7) is 10.1. The molecule has 2 aliphatic heterocycles. The van der Waals surface area contributed by atoms with Crippen molar-refractivity contribution in [1.29, 1.82) is 5.26 Å². The molecule has 5 atom stereocenters. The number of methoxy groups -OCH3 is 2. The summed E-state index contributed by atoms with van der Waals surface area (Å²) in [5.41, 5.74) is 0.444. The van der Waals surface area contributed by atoms with Crippen LogP contribution in [0.2, 0.25) is 0 Å². The predicted octanol–water partition coefficient (Wildman–Crippen LogP) is 6.50. The Bertz CT molecular complexity index is 2400. The molecule has 3 aromatic carbocycles. The van der Waals surface area contributed by atoms with Gasteiger partial charge in [0.05, 0.1) is 57.5 Å². The van der Waals surface area contributed by atoms with E-state index in [1.165, 1.54) is 23.8 Å². The van der Waals surface area contributed by atoms with Crippen molar-refractivity contribution >= 4 is 47.3 Å². The Morgan fingerprint density at radius 3 is 2.05 bits per heavy atom. The summed E-state index contributed by atoms with van der Waals surface area (Å²) in [4.78, 5) is 31.9. The first-order valence-electron chi connectivity index (χ1n) is 21.8. The van der Waals surface area contributed by atoms with E-state index in [2.05, 4.69) is 48.7 Å². The predicted molar refractivity (Wildman–Crippen MR) is 256 cm³/mol. The van der Waals surface area contributed by atoms with Gasteiger partial charge >= 0.3 is 5.69 Å². The molecule has 2 fully saturated rings. The van der Waals surface area contributed by atoms with Gasteiger partial charge < -0.3 is 38.4 Å². The summed E-state index contributed by atoms with van der Waals surface area (Å²) in [5, 5.41) is 12.2. The number of carbonyl (C=O) groups excluding carboxylic acids is 1. The number of rotatable bonds is 19. The quantitative estimate of drug-likeness (QED) is 0.0465. The summed E-state index contributed by atoms with van der Waals surface area (Å²) >= 11 is 5.95. The number of anilines is 1. The highest BCUT2D eigenvalue weighted by atomic mass is 32.2. The number of nitrogens with one attached hydrogen (secondary N) is 1. The van der Waals surface area contributed by atoms with Gasteiger partial charge in [0.15, 0.2) is 22.2 Å². The zero-order chi connectivity index (χ0) is 47.6. The van der Waals surface area contributed by atoms with Crippen LogP contribution in [0, 0.1) is 17.2 Å². The number of sulfone groups is 1. The second-order valence-electron chi connectivity index (χ2n) is 16.6. The number of aromatic nitrogens is 2. The minimum atomic E-state index is -3.26. The third-order valence-corrected chi connectivity index (χ3v) is 16.1. The molecular weight excluding hydrogens is 904 g/mol. The van der Waals surface area contributed by atoms with E-state index in [0.717, 1.165) is 16.7 Å². The highest BCUT2D eigenvalue weighted by molar-refractivity contribution is 7.91. The lowest BCUT2D eigenvalue weighted by molar-refractivity contribution is -0.114. The standard InChI is InChI=1S/C47H59N6O10PS2/c1-32(2)53(33(3)4)64(61-27-11-23-48)31-40-41(30-60-47(35-12-9-8-10-13-35,36-14-18-38(58-6)19-15-36)37-16-20-39(59-7)21-17-37)62-44(52-24-22-42(49-34(5)54)50-45(52)55)43(40)63-46(65)51-25-28-66(56,57)29-26-51/h8-10,12-22,24,32-33,40-41,43-44H,11,25-31H2,1-7H3,(H,49,50,54,55)/t40?,41-,43+,44-,64?/m1/s1. The maximum atomic E-state index is 14.0. The highest BCUT2D eigenvalue weighted by Crippen LogP contribution is 2.52. The number of ether oxygens (including phenoxy) is 5. The Labute approximate surface area is 393 Å². The van der Waals surface area contributed by atoms with Crippen LogP contribution in [-0.2, 0) is 39.0 Å². The molecule has 2 unspecified atom stereocenters. The van der Waals surface area contributed by atoms with Gasteiger partial charge in [-0.2, -0.15) is 10.2 Å². The van der Waals surface area contributed by atoms with Gasteiger partial charge in [0.25, 0.3) is 5.17 Å². The molecule has 3 heterocycles. The number of hydrogen-bond donors (Lipinski definition) is 1. The molecule has 1 amide bonds. The van der Waals surface area contributed by atoms with Gasteiger partial charge in [0.1, 0.15) is 31.2 Å². The molecule has 0 bridgehead atoms. The van der Waals surface area contributed by atoms with E-state index in [0.29, 0.717) is 17.7 Å². The average molecular weight is 963 g/mol. The Balaban J connectivity index is 1.52. The topological polar surface area (TPSA) is 184 Å². The van der Waals surface area contributed by atoms with Crippen molar-refractivity contribution < 1.29 is 41.4 Å². The molecule has 0 saturated carbocycles. The minimum absolute atomic E-state index is 0.0331. The number of carbonyl (C=O) groups is 1. The lowest BCUT2D eigenvalue weighted by Crippen LogP contribution is -2.47. The van der Waals surface area contributed by atoms with Crippen LogP contribution in [0.1, 0.15) is 64.0 Å². The average Bonchev–Trinajstić information content (AvgIpc) is 3.62. The Hall–Kier alpha value is -4.99. The van der Waals surface area contributed by atoms with Crippen molar-refractivity contribution in [3.05, 3.63) is 118 Å². The molecule has 4 aromatic rings. The molecule has 0 aliphatic carbocycles. The molecule has 354 valence electrons. The monoisotopic (exact) mass is 962 g/mol. The second kappa shape index (κ2) is 22.7. The van der Waals surface area contributed by atoms with Gasteiger partial charge in [-0.05, 0) is 86.9 Å². The van der Waals surface area contributed by atoms with Crippen molar-refractivity contribution in [3.63, 3.8) is 0 Å². The van der Waals surface area contributed by atoms with Gasteiger partial charge in [-0.1, -0.05) is 54.6 Å². The molecule has 1 aromatic heterocycles. The van der Waals surface area contributed by atoms with Crippen LogP contribution < -0.4 is 20.5 Å². The summed E-state index contributed by atoms with van der Waals surface area (Å²) in [6.07, 6.45) is -0.934. The SMILES string of the molecule is COc1ccc(C(OC[C@H]2O[C@@H](n3ccc(NC(C)=O)nc3=O)[C@@H](OC(=S)N3CCS(=O)(=O)CC3)C2CP(OCCC#N)N(C(C)C)C(C)C)(c2ccccc2)c2ccc(OC)cc2)cc1. The zero-order valence-corrected chi connectivity index (χ0v) is 40.9. The Kier molecular flexibility index (Phi) is 17.3. The molecule has 0 radical (unpaired) electrons. The number of amides is 1. The lowest BCUT2D eigenvalue weighted by atomic mass is 9.80. The van der Waals surface area contributed by atoms with E-state index in [1.54, 1.807) is 19.1 Å². The third kappa shape index (κ3) is 11.9. The van der Waals surface area contributed by atoms with Crippen molar-refractivity contribution in [2.75, 3.05) is 63.5 Å². The van der Waals surface area contributed by atoms with Crippen molar-refractivity contribution in [2.45, 2.75) is 77.2 Å². The molecule has 2 aliphatic rings. The maximum absolute atomic E-state index is 14.0. The molecule has 0 spiro atoms. The van der Waals surface area contributed by atoms with Gasteiger partial charge in [0.2, 0.25) is 5.91 Å². The maximum Gasteiger partial charge on any atom is 0.351 e. The van der Waals surface area contributed by atoms with Crippen LogP contribution in [0.4, 0.5) is 5.82 Å². The molecule has 19 heteroatoms. The van der Waals surface area contributed by atoms with Crippen LogP contribution in [0.25, 0.3) is 0 Å². The molecule has 1 N–H and O–H groups in total. The lowest BCUT2D eigenvalue weighted by Gasteiger charge is -2.40. The van der Waals surface area contributed by atoms with Gasteiger partial charge in [-0.15, -0.1) is 0 Å². The number of nitriles is 1. The minimum Gasteiger partial charge on any atom is -0.497 e. The third-order valence-electron chi connectivity index (χ3n) is 11.5. The first-order valence-corrected chi connectivity index (χ1v) is 25.5. The van der Waals surface area contributed by atoms with E-state index in [4.69, 9.17) is 40.4 Å². The van der Waals surface area contributed by atoms with Crippen LogP contribution >= 0.6 is 20.5 Å². The fraction of sp³-hybridized carbons (Fsp3) is 0.468. The first-order chi connectivity index (χ1) is 31.6. The molecule has 2 saturated heterocycles. The zero-order valence-electron chi connectivity index (χ0n) is 38.4. The van der Waals surface area contributed by atoms with Gasteiger partial charge in [-0.25, -0.2) is 13.2 Å². The van der Waals surface area contributed by atoms with Crippen LogP contribution in [0.3, 0.4) is 0 Å². The smallest absolute Gasteiger partial charge is 0.351 e. The second-order valence-corrected chi connectivity index (χ2v) is 21.0. The van der Waals surface area contributed by atoms with Crippen molar-refractivity contribution in [1.82, 2.24) is 19.1 Å². The summed E-state index contributed by atoms with van der Waals surface area (Å²) < 4.78 is 67.7. The van der Waals surface area contributed by atoms with E-state index < -0.39 is 59.7 Å². The number of hydrogen-bond acceptors (Lipinski definition) is 14. The highest BCUT2D eigenvalue weighted by Gasteiger charge is 2.52. The van der Waals surface area contributed by atoms with E-state index in [1.807, 2.05) is 78.9 Å². The number of thiocarbonyl (C=S) groups is 1. The molecule has 6 rings (SSSR count). The number of nitrogens with zero attached hydrogens (tertiary/aromatic N) is 5. The first kappa shape index (κ1) is 50.4. The summed E-state index contributed by atoms with van der Waals surface area (Å²) in [7, 11) is -1.51. The Morgan fingerprint density at radius 1 is 0.955 bits per heavy atom. The summed E-state index contributed by atoms with van der Waals surface area (Å²) in [6, 6.07) is 29.0.